The van der Waals surface area contributed by atoms with Crippen molar-refractivity contribution >= 4 is 17.9 Å². The van der Waals surface area contributed by atoms with Crippen molar-refractivity contribution in [2.24, 2.45) is 5.10 Å². The van der Waals surface area contributed by atoms with Crippen molar-refractivity contribution in [1.82, 2.24) is 9.73 Å². The van der Waals surface area contributed by atoms with Crippen molar-refractivity contribution in [3.8, 4) is 0 Å². The molecule has 4 nitrogen and oxygen atoms in total. The van der Waals surface area contributed by atoms with E-state index in [1.807, 2.05) is 38.0 Å². The van der Waals surface area contributed by atoms with Crippen LogP contribution in [0, 0.1) is 5.82 Å². The van der Waals surface area contributed by atoms with Gasteiger partial charge in [-0.2, -0.15) is 5.10 Å². The van der Waals surface area contributed by atoms with E-state index in [4.69, 9.17) is 9.28 Å². The highest BCUT2D eigenvalue weighted by atomic mass is 32.2. The Morgan fingerprint density at radius 2 is 1.73 bits per heavy atom. The first kappa shape index (κ1) is 24.2. The molecule has 0 aromatic heterocycles. The molecule has 1 saturated carbocycles. The second kappa shape index (κ2) is 11.5. The van der Waals surface area contributed by atoms with Crippen LogP contribution in [0.5, 0.6) is 0 Å². The van der Waals surface area contributed by atoms with Gasteiger partial charge in [-0.1, -0.05) is 38.1 Å². The first-order valence-electron chi connectivity index (χ1n) is 12.4. The highest BCUT2D eigenvalue weighted by Gasteiger charge is 2.27. The minimum absolute atomic E-state index is 0.163. The van der Waals surface area contributed by atoms with E-state index < -0.39 is 0 Å². The Balaban J connectivity index is 0.00000126. The lowest BCUT2D eigenvalue weighted by Crippen LogP contribution is -2.26. The maximum Gasteiger partial charge on any atom is 0.123 e. The molecule has 0 saturated heterocycles. The molecule has 2 atom stereocenters. The topological polar surface area (TPSA) is 36.9 Å². The molecule has 1 heterocycles. The molecule has 1 N–H and O–H groups in total. The number of benzene rings is 2. The van der Waals surface area contributed by atoms with Gasteiger partial charge in [-0.15, -0.1) is 0 Å². The molecule has 0 amide bonds. The Morgan fingerprint density at radius 1 is 1.00 bits per heavy atom. The number of hydrogen-bond acceptors (Lipinski definition) is 5. The predicted molar refractivity (Wildman–Crippen MR) is 136 cm³/mol. The van der Waals surface area contributed by atoms with Gasteiger partial charge in [0.05, 0.1) is 30.1 Å². The van der Waals surface area contributed by atoms with E-state index in [0.717, 1.165) is 43.4 Å². The standard InChI is InChI=1S/C25H30FN3OS.C2H6/c1-29-25(18-7-11-21(26)12-8-18)16-24(27-29)20-6-5-17-9-13-22(14-10-19(17)15-20)28-31-30-23-3-2-4-23;1-2/h5-8,11-12,15,22-23,25,28H,2-4,9-10,13-14,16H2,1H3;1-2H3. The van der Waals surface area contributed by atoms with Gasteiger partial charge in [-0.3, -0.25) is 9.19 Å². The molecule has 3 aliphatic rings. The SMILES string of the molecule is CC.CN1N=C(c2ccc3c(c2)CCC(NSOC2CCC2)CC3)CC1c1ccc(F)cc1. The van der Waals surface area contributed by atoms with Crippen LogP contribution in [0.1, 0.15) is 80.7 Å². The van der Waals surface area contributed by atoms with Crippen LogP contribution >= 0.6 is 12.2 Å². The van der Waals surface area contributed by atoms with Crippen LogP contribution in [0.3, 0.4) is 0 Å². The molecule has 1 fully saturated rings. The molecule has 6 heteroatoms. The van der Waals surface area contributed by atoms with E-state index in [0.29, 0.717) is 12.1 Å². The summed E-state index contributed by atoms with van der Waals surface area (Å²) in [6.45, 7) is 4.00. The summed E-state index contributed by atoms with van der Waals surface area (Å²) >= 11 is 1.46. The lowest BCUT2D eigenvalue weighted by atomic mass is 9.94. The highest BCUT2D eigenvalue weighted by molar-refractivity contribution is 7.92. The Labute approximate surface area is 202 Å². The van der Waals surface area contributed by atoms with Crippen LogP contribution in [0.2, 0.25) is 0 Å². The lowest BCUT2D eigenvalue weighted by Gasteiger charge is -2.25. The maximum atomic E-state index is 13.3. The van der Waals surface area contributed by atoms with E-state index in [9.17, 15) is 4.39 Å². The average Bonchev–Trinajstić information content (AvgIpc) is 3.08. The maximum absolute atomic E-state index is 13.3. The van der Waals surface area contributed by atoms with Crippen molar-refractivity contribution < 1.29 is 8.57 Å². The number of aryl methyl sites for hydroxylation is 2. The zero-order valence-electron chi connectivity index (χ0n) is 20.0. The second-order valence-corrected chi connectivity index (χ2v) is 9.59. The first-order valence-corrected chi connectivity index (χ1v) is 13.2. The molecule has 2 aliphatic carbocycles. The summed E-state index contributed by atoms with van der Waals surface area (Å²) in [7, 11) is 2.00. The predicted octanol–water partition coefficient (Wildman–Crippen LogP) is 6.60. The molecule has 2 aromatic carbocycles. The highest BCUT2D eigenvalue weighted by Crippen LogP contribution is 2.33. The second-order valence-electron chi connectivity index (χ2n) is 9.00. The smallest absolute Gasteiger partial charge is 0.123 e. The summed E-state index contributed by atoms with van der Waals surface area (Å²) in [5, 5.41) is 6.83. The molecule has 5 rings (SSSR count). The van der Waals surface area contributed by atoms with Crippen LogP contribution in [-0.2, 0) is 17.0 Å². The van der Waals surface area contributed by atoms with Crippen molar-refractivity contribution in [2.45, 2.75) is 83.4 Å². The van der Waals surface area contributed by atoms with E-state index in [1.165, 1.54) is 60.3 Å². The van der Waals surface area contributed by atoms with Crippen LogP contribution in [0.4, 0.5) is 4.39 Å². The molecule has 0 spiro atoms. The molecule has 2 aromatic rings. The number of nitrogens with one attached hydrogen (secondary N) is 1. The van der Waals surface area contributed by atoms with Crippen LogP contribution in [0.15, 0.2) is 47.6 Å². The fraction of sp³-hybridized carbons (Fsp3) is 0.519. The molecule has 33 heavy (non-hydrogen) atoms. The lowest BCUT2D eigenvalue weighted by molar-refractivity contribution is 0.145. The summed E-state index contributed by atoms with van der Waals surface area (Å²) in [5.41, 5.74) is 6.34. The summed E-state index contributed by atoms with van der Waals surface area (Å²) in [6, 6.07) is 14.3. The number of hydrogen-bond donors (Lipinski definition) is 1. The van der Waals surface area contributed by atoms with E-state index in [2.05, 4.69) is 22.9 Å². The van der Waals surface area contributed by atoms with Crippen LogP contribution < -0.4 is 4.72 Å². The van der Waals surface area contributed by atoms with Gasteiger partial charge in [0.2, 0.25) is 0 Å². The molecular weight excluding hydrogens is 433 g/mol. The van der Waals surface area contributed by atoms with Crippen molar-refractivity contribution in [1.29, 1.82) is 0 Å². The van der Waals surface area contributed by atoms with Crippen molar-refractivity contribution in [3.63, 3.8) is 0 Å². The van der Waals surface area contributed by atoms with Gasteiger partial charge in [-0.25, -0.2) is 9.11 Å². The van der Waals surface area contributed by atoms with Gasteiger partial charge in [0.25, 0.3) is 0 Å². The number of halogens is 1. The molecule has 178 valence electrons. The van der Waals surface area contributed by atoms with Gasteiger partial charge in [0.1, 0.15) is 5.82 Å². The van der Waals surface area contributed by atoms with Gasteiger partial charge in [0, 0.05) is 19.5 Å². The third-order valence-corrected chi connectivity index (χ3v) is 7.68. The minimum Gasteiger partial charge on any atom is -0.298 e. The zero-order valence-corrected chi connectivity index (χ0v) is 20.8. The Hall–Kier alpha value is -1.89. The number of rotatable bonds is 6. The van der Waals surface area contributed by atoms with E-state index in [-0.39, 0.29) is 11.9 Å². The Morgan fingerprint density at radius 3 is 2.42 bits per heavy atom. The molecular formula is C27H36FN3OS. The van der Waals surface area contributed by atoms with Gasteiger partial charge < -0.3 is 0 Å². The van der Waals surface area contributed by atoms with Gasteiger partial charge in [-0.05, 0) is 85.4 Å². The molecule has 0 radical (unpaired) electrons. The Bertz CT molecular complexity index is 945. The molecule has 2 unspecified atom stereocenters. The zero-order chi connectivity index (χ0) is 23.2. The number of fused-ring (bicyclic) bond motifs is 1. The van der Waals surface area contributed by atoms with Gasteiger partial charge >= 0.3 is 0 Å². The summed E-state index contributed by atoms with van der Waals surface area (Å²) in [5.74, 6) is -0.197. The molecule has 0 bridgehead atoms. The number of hydrazone groups is 1. The van der Waals surface area contributed by atoms with E-state index in [1.54, 1.807) is 0 Å². The van der Waals surface area contributed by atoms with Crippen molar-refractivity contribution in [2.75, 3.05) is 7.05 Å². The minimum atomic E-state index is -0.197. The molecule has 1 aliphatic heterocycles. The monoisotopic (exact) mass is 469 g/mol. The largest absolute Gasteiger partial charge is 0.298 e. The quantitative estimate of drug-likeness (QED) is 0.294. The van der Waals surface area contributed by atoms with Gasteiger partial charge in [0.15, 0.2) is 0 Å². The van der Waals surface area contributed by atoms with Crippen molar-refractivity contribution in [3.05, 3.63) is 70.5 Å². The summed E-state index contributed by atoms with van der Waals surface area (Å²) in [4.78, 5) is 0. The fourth-order valence-corrected chi connectivity index (χ4v) is 5.40. The summed E-state index contributed by atoms with van der Waals surface area (Å²) < 4.78 is 22.7. The normalized spacial score (nSPS) is 22.5. The summed E-state index contributed by atoms with van der Waals surface area (Å²) in [6.07, 6.45) is 9.46. The Kier molecular flexibility index (Phi) is 8.45. The number of nitrogens with zero attached hydrogens (tertiary/aromatic N) is 2. The fourth-order valence-electron chi connectivity index (χ4n) is 4.64. The first-order chi connectivity index (χ1) is 16.2. The van der Waals surface area contributed by atoms with E-state index >= 15 is 0 Å². The average molecular weight is 470 g/mol. The van der Waals surface area contributed by atoms with Crippen LogP contribution in [-0.4, -0.2) is 29.9 Å². The third kappa shape index (κ3) is 5.97. The van der Waals surface area contributed by atoms with Crippen LogP contribution in [0.25, 0.3) is 0 Å². The third-order valence-electron chi connectivity index (χ3n) is 6.89.